The summed E-state index contributed by atoms with van der Waals surface area (Å²) in [6, 6.07) is 5.53. The highest BCUT2D eigenvalue weighted by Gasteiger charge is 2.34. The number of nitro benzene ring substituents is 1. The largest absolute Gasteiger partial charge is 0.406 e. The van der Waals surface area contributed by atoms with Gasteiger partial charge in [0.2, 0.25) is 5.91 Å². The third-order valence-corrected chi connectivity index (χ3v) is 3.98. The summed E-state index contributed by atoms with van der Waals surface area (Å²) in [5.41, 5.74) is -0.0852. The summed E-state index contributed by atoms with van der Waals surface area (Å²) < 4.78 is 37.6. The van der Waals surface area contributed by atoms with Crippen LogP contribution in [-0.2, 0) is 4.79 Å². The van der Waals surface area contributed by atoms with Crippen molar-refractivity contribution in [3.63, 3.8) is 0 Å². The van der Waals surface area contributed by atoms with Gasteiger partial charge in [0.15, 0.2) is 0 Å². The van der Waals surface area contributed by atoms with Gasteiger partial charge in [-0.3, -0.25) is 14.9 Å². The highest BCUT2D eigenvalue weighted by molar-refractivity contribution is 8.00. The van der Waals surface area contributed by atoms with Gasteiger partial charge in [-0.05, 0) is 25.5 Å². The van der Waals surface area contributed by atoms with Gasteiger partial charge in [-0.1, -0.05) is 6.92 Å². The predicted octanol–water partition coefficient (Wildman–Crippen LogP) is 3.88. The number of nitro groups is 1. The topological polar surface area (TPSA) is 63.5 Å². The maximum absolute atomic E-state index is 12.5. The lowest BCUT2D eigenvalue weighted by Crippen LogP contribution is -2.43. The molecule has 1 rings (SSSR count). The molecule has 0 saturated heterocycles. The van der Waals surface area contributed by atoms with Crippen molar-refractivity contribution in [2.45, 2.75) is 36.6 Å². The van der Waals surface area contributed by atoms with Crippen LogP contribution in [0.5, 0.6) is 0 Å². The third kappa shape index (κ3) is 6.47. The molecule has 23 heavy (non-hydrogen) atoms. The number of amides is 1. The first kappa shape index (κ1) is 19.3. The Kier molecular flexibility index (Phi) is 6.86. The Morgan fingerprint density at radius 1 is 1.35 bits per heavy atom. The summed E-state index contributed by atoms with van der Waals surface area (Å²) in [7, 11) is 0. The molecule has 128 valence electrons. The molecule has 0 spiro atoms. The van der Waals surface area contributed by atoms with Crippen molar-refractivity contribution in [3.05, 3.63) is 34.4 Å². The number of nitrogens with zero attached hydrogens (tertiary/aromatic N) is 2. The zero-order chi connectivity index (χ0) is 17.6. The Balaban J connectivity index is 2.75. The summed E-state index contributed by atoms with van der Waals surface area (Å²) in [5, 5.41) is 9.85. The van der Waals surface area contributed by atoms with Gasteiger partial charge in [-0.2, -0.15) is 13.2 Å². The molecule has 0 aliphatic rings. The van der Waals surface area contributed by atoms with E-state index in [0.717, 1.165) is 16.7 Å². The maximum Gasteiger partial charge on any atom is 0.406 e. The zero-order valence-electron chi connectivity index (χ0n) is 12.7. The standard InChI is InChI=1S/C14H17F3N2O3S/c1-3-8-18(9-14(15,16)17)13(20)10(2)23-12-6-4-11(5-7-12)19(21)22/h4-7,10H,3,8-9H2,1-2H3. The molecule has 1 amide bonds. The highest BCUT2D eigenvalue weighted by atomic mass is 32.2. The molecule has 1 aromatic rings. The van der Waals surface area contributed by atoms with Crippen LogP contribution in [0.3, 0.4) is 0 Å². The van der Waals surface area contributed by atoms with Crippen LogP contribution in [0.15, 0.2) is 29.2 Å². The van der Waals surface area contributed by atoms with E-state index in [1.807, 2.05) is 0 Å². The molecule has 0 bridgehead atoms. The van der Waals surface area contributed by atoms with E-state index in [1.165, 1.54) is 31.2 Å². The number of carbonyl (C=O) groups excluding carboxylic acids is 1. The van der Waals surface area contributed by atoms with E-state index in [0.29, 0.717) is 11.3 Å². The number of rotatable bonds is 7. The SMILES string of the molecule is CCCN(CC(F)(F)F)C(=O)C(C)Sc1ccc([N+](=O)[O-])cc1. The van der Waals surface area contributed by atoms with Gasteiger partial charge in [0, 0.05) is 23.6 Å². The molecular weight excluding hydrogens is 333 g/mol. The average molecular weight is 350 g/mol. The minimum absolute atomic E-state index is 0.0313. The molecule has 5 nitrogen and oxygen atoms in total. The van der Waals surface area contributed by atoms with Crippen LogP contribution < -0.4 is 0 Å². The zero-order valence-corrected chi connectivity index (χ0v) is 13.5. The predicted molar refractivity (Wildman–Crippen MR) is 81.3 cm³/mol. The summed E-state index contributed by atoms with van der Waals surface area (Å²) in [6.45, 7) is 1.98. The molecule has 1 unspecified atom stereocenters. The molecule has 0 fully saturated rings. The van der Waals surface area contributed by atoms with Crippen molar-refractivity contribution in [1.29, 1.82) is 0 Å². The second-order valence-corrected chi connectivity index (χ2v) is 6.30. The fourth-order valence-electron chi connectivity index (χ4n) is 1.91. The first-order chi connectivity index (χ1) is 10.6. The summed E-state index contributed by atoms with van der Waals surface area (Å²) >= 11 is 1.07. The number of thioether (sulfide) groups is 1. The van der Waals surface area contributed by atoms with Crippen molar-refractivity contribution in [2.75, 3.05) is 13.1 Å². The smallest absolute Gasteiger partial charge is 0.333 e. The molecule has 1 atom stereocenters. The van der Waals surface area contributed by atoms with Gasteiger partial charge in [0.1, 0.15) is 6.54 Å². The molecule has 0 aliphatic heterocycles. The van der Waals surface area contributed by atoms with Crippen molar-refractivity contribution < 1.29 is 22.9 Å². The normalized spacial score (nSPS) is 12.7. The molecule has 0 radical (unpaired) electrons. The van der Waals surface area contributed by atoms with E-state index in [2.05, 4.69) is 0 Å². The van der Waals surface area contributed by atoms with Crippen LogP contribution in [0.2, 0.25) is 0 Å². The van der Waals surface area contributed by atoms with Crippen molar-refractivity contribution in [1.82, 2.24) is 4.90 Å². The highest BCUT2D eigenvalue weighted by Crippen LogP contribution is 2.27. The van der Waals surface area contributed by atoms with Crippen molar-refractivity contribution >= 4 is 23.4 Å². The second kappa shape index (κ2) is 8.19. The molecule has 0 aliphatic carbocycles. The monoisotopic (exact) mass is 350 g/mol. The number of benzene rings is 1. The minimum atomic E-state index is -4.44. The van der Waals surface area contributed by atoms with Crippen LogP contribution in [-0.4, -0.2) is 40.2 Å². The molecule has 0 heterocycles. The number of hydrogen-bond acceptors (Lipinski definition) is 4. The Bertz CT molecular complexity index is 549. The summed E-state index contributed by atoms with van der Waals surface area (Å²) in [6.07, 6.45) is -4.01. The molecule has 9 heteroatoms. The lowest BCUT2D eigenvalue weighted by molar-refractivity contribution is -0.384. The van der Waals surface area contributed by atoms with Gasteiger partial charge in [0.25, 0.3) is 5.69 Å². The van der Waals surface area contributed by atoms with Crippen molar-refractivity contribution in [3.8, 4) is 0 Å². The Morgan fingerprint density at radius 3 is 2.35 bits per heavy atom. The number of carbonyl (C=O) groups is 1. The average Bonchev–Trinajstić information content (AvgIpc) is 2.45. The quantitative estimate of drug-likeness (QED) is 0.425. The molecule has 1 aromatic carbocycles. The first-order valence-corrected chi connectivity index (χ1v) is 7.78. The first-order valence-electron chi connectivity index (χ1n) is 6.90. The van der Waals surface area contributed by atoms with Crippen LogP contribution in [0.4, 0.5) is 18.9 Å². The van der Waals surface area contributed by atoms with E-state index in [4.69, 9.17) is 0 Å². The Hall–Kier alpha value is -1.77. The number of non-ortho nitro benzene ring substituents is 1. The molecule has 0 N–H and O–H groups in total. The summed E-state index contributed by atoms with van der Waals surface area (Å²) in [5.74, 6) is -0.604. The van der Waals surface area contributed by atoms with Gasteiger partial charge < -0.3 is 4.90 Å². The number of hydrogen-bond donors (Lipinski definition) is 0. The van der Waals surface area contributed by atoms with E-state index >= 15 is 0 Å². The van der Waals surface area contributed by atoms with Crippen LogP contribution in [0.25, 0.3) is 0 Å². The van der Waals surface area contributed by atoms with Gasteiger partial charge in [0.05, 0.1) is 10.2 Å². The Morgan fingerprint density at radius 2 is 1.91 bits per heavy atom. The van der Waals surface area contributed by atoms with E-state index in [1.54, 1.807) is 6.92 Å². The van der Waals surface area contributed by atoms with Crippen LogP contribution >= 0.6 is 11.8 Å². The molecule has 0 saturated carbocycles. The fraction of sp³-hybridized carbons (Fsp3) is 0.500. The second-order valence-electron chi connectivity index (χ2n) is 4.89. The number of halogens is 3. The van der Waals surface area contributed by atoms with E-state index in [9.17, 15) is 28.1 Å². The van der Waals surface area contributed by atoms with Crippen LogP contribution in [0.1, 0.15) is 20.3 Å². The number of alkyl halides is 3. The van der Waals surface area contributed by atoms with E-state index in [-0.39, 0.29) is 12.2 Å². The molecular formula is C14H17F3N2O3S. The third-order valence-electron chi connectivity index (χ3n) is 2.88. The molecule has 0 aromatic heterocycles. The van der Waals surface area contributed by atoms with Crippen LogP contribution in [0, 0.1) is 10.1 Å². The summed E-state index contributed by atoms with van der Waals surface area (Å²) in [4.78, 5) is 23.6. The lowest BCUT2D eigenvalue weighted by Gasteiger charge is -2.26. The minimum Gasteiger partial charge on any atom is -0.333 e. The van der Waals surface area contributed by atoms with E-state index < -0.39 is 28.8 Å². The Labute approximate surface area is 136 Å². The van der Waals surface area contributed by atoms with Crippen molar-refractivity contribution in [2.24, 2.45) is 0 Å². The van der Waals surface area contributed by atoms with Gasteiger partial charge >= 0.3 is 6.18 Å². The lowest BCUT2D eigenvalue weighted by atomic mass is 10.3. The van der Waals surface area contributed by atoms with Gasteiger partial charge in [-0.15, -0.1) is 11.8 Å². The van der Waals surface area contributed by atoms with Gasteiger partial charge in [-0.25, -0.2) is 0 Å². The fourth-order valence-corrected chi connectivity index (χ4v) is 2.86. The maximum atomic E-state index is 12.5.